The van der Waals surface area contributed by atoms with E-state index in [9.17, 15) is 26.7 Å². The van der Waals surface area contributed by atoms with Crippen LogP contribution in [0.1, 0.15) is 10.4 Å². The number of anilines is 3. The van der Waals surface area contributed by atoms with Gasteiger partial charge in [-0.15, -0.1) is 0 Å². The van der Waals surface area contributed by atoms with E-state index in [1.165, 1.54) is 0 Å². The van der Waals surface area contributed by atoms with E-state index in [0.717, 1.165) is 15.7 Å². The van der Waals surface area contributed by atoms with Crippen LogP contribution < -0.4 is 20.4 Å². The summed E-state index contributed by atoms with van der Waals surface area (Å²) < 4.78 is 69.1. The van der Waals surface area contributed by atoms with Gasteiger partial charge in [0.2, 0.25) is 5.82 Å². The Bertz CT molecular complexity index is 1610. The zero-order valence-corrected chi connectivity index (χ0v) is 22.2. The molecule has 0 radical (unpaired) electrons. The van der Waals surface area contributed by atoms with Crippen LogP contribution in [0.25, 0.3) is 10.8 Å². The topological polar surface area (TPSA) is 47.6 Å². The van der Waals surface area contributed by atoms with Crippen molar-refractivity contribution < 1.29 is 26.7 Å². The summed E-state index contributed by atoms with van der Waals surface area (Å²) >= 11 is 11.8. The van der Waals surface area contributed by atoms with Gasteiger partial charge >= 0.3 is 0 Å². The highest BCUT2D eigenvalue weighted by Gasteiger charge is 2.31. The van der Waals surface area contributed by atoms with Crippen LogP contribution in [0.15, 0.2) is 60.7 Å². The van der Waals surface area contributed by atoms with Crippen molar-refractivity contribution >= 4 is 62.7 Å². The van der Waals surface area contributed by atoms with Gasteiger partial charge in [0, 0.05) is 37.4 Å². The maximum absolute atomic E-state index is 14.2. The summed E-state index contributed by atoms with van der Waals surface area (Å²) in [6.07, 6.45) is 0. The molecule has 1 aliphatic rings. The van der Waals surface area contributed by atoms with Gasteiger partial charge in [-0.3, -0.25) is 10.1 Å². The summed E-state index contributed by atoms with van der Waals surface area (Å²) in [5.74, 6) is -10.2. The van der Waals surface area contributed by atoms with Gasteiger partial charge in [-0.25, -0.2) is 22.0 Å². The van der Waals surface area contributed by atoms with E-state index < -0.39 is 34.8 Å². The van der Waals surface area contributed by atoms with Crippen LogP contribution in [0.4, 0.5) is 39.0 Å². The summed E-state index contributed by atoms with van der Waals surface area (Å²) in [6.45, 7) is 0.426. The molecule has 5 nitrogen and oxygen atoms in total. The molecule has 0 unspecified atom stereocenters. The maximum atomic E-state index is 14.2. The van der Waals surface area contributed by atoms with E-state index in [1.807, 2.05) is 35.2 Å². The van der Waals surface area contributed by atoms with Gasteiger partial charge in [0.1, 0.15) is 5.69 Å². The second kappa shape index (κ2) is 11.3. The third-order valence-electron chi connectivity index (χ3n) is 6.59. The molecule has 0 atom stereocenters. The predicted molar refractivity (Wildman–Crippen MR) is 150 cm³/mol. The van der Waals surface area contributed by atoms with E-state index in [1.54, 1.807) is 30.3 Å². The first kappa shape index (κ1) is 27.6. The van der Waals surface area contributed by atoms with Gasteiger partial charge in [0.05, 0.1) is 10.7 Å². The van der Waals surface area contributed by atoms with Crippen LogP contribution in [0, 0.1) is 29.1 Å². The number of hydrogen-bond acceptors (Lipinski definition) is 4. The van der Waals surface area contributed by atoms with Crippen molar-refractivity contribution in [1.29, 1.82) is 0 Å². The molecule has 0 aliphatic carbocycles. The van der Waals surface area contributed by atoms with Crippen LogP contribution >= 0.6 is 23.8 Å². The number of carbonyl (C=O) groups excluding carboxylic acids is 1. The fraction of sp³-hybridized carbons (Fsp3) is 0.143. The number of carbonyl (C=O) groups is 1. The normalized spacial score (nSPS) is 13.4. The predicted octanol–water partition coefficient (Wildman–Crippen LogP) is 6.64. The Morgan fingerprint density at radius 1 is 0.775 bits per heavy atom. The van der Waals surface area contributed by atoms with Crippen molar-refractivity contribution in [2.45, 2.75) is 0 Å². The average molecular weight is 591 g/mol. The van der Waals surface area contributed by atoms with Gasteiger partial charge in [-0.2, -0.15) is 0 Å². The third kappa shape index (κ3) is 5.26. The van der Waals surface area contributed by atoms with E-state index in [2.05, 4.69) is 10.6 Å². The molecule has 12 heteroatoms. The van der Waals surface area contributed by atoms with Crippen molar-refractivity contribution in [1.82, 2.24) is 5.32 Å². The fourth-order valence-corrected chi connectivity index (χ4v) is 5.15. The number of thiocarbonyl (C=S) groups is 1. The van der Waals surface area contributed by atoms with Crippen molar-refractivity contribution in [2.24, 2.45) is 0 Å². The molecule has 206 valence electrons. The maximum Gasteiger partial charge on any atom is 0.258 e. The molecule has 2 N–H and O–H groups in total. The molecule has 40 heavy (non-hydrogen) atoms. The van der Waals surface area contributed by atoms with Gasteiger partial charge in [-0.1, -0.05) is 48.0 Å². The Kier molecular flexibility index (Phi) is 7.77. The molecule has 1 aliphatic heterocycles. The lowest BCUT2D eigenvalue weighted by Gasteiger charge is -2.38. The molecule has 1 amide bonds. The number of nitrogens with one attached hydrogen (secondary N) is 2. The highest BCUT2D eigenvalue weighted by molar-refractivity contribution is 7.80. The first-order valence-electron chi connectivity index (χ1n) is 12.1. The highest BCUT2D eigenvalue weighted by Crippen LogP contribution is 2.33. The third-order valence-corrected chi connectivity index (χ3v) is 7.10. The van der Waals surface area contributed by atoms with Gasteiger partial charge in [0.15, 0.2) is 28.4 Å². The minimum absolute atomic E-state index is 0.00102. The minimum atomic E-state index is -2.19. The second-order valence-electron chi connectivity index (χ2n) is 8.99. The smallest absolute Gasteiger partial charge is 0.258 e. The van der Waals surface area contributed by atoms with Gasteiger partial charge in [0.25, 0.3) is 5.91 Å². The van der Waals surface area contributed by atoms with Crippen LogP contribution in [0.2, 0.25) is 5.02 Å². The van der Waals surface area contributed by atoms with Crippen molar-refractivity contribution in [3.8, 4) is 0 Å². The first-order chi connectivity index (χ1) is 19.2. The molecule has 1 fully saturated rings. The summed E-state index contributed by atoms with van der Waals surface area (Å²) in [6, 6.07) is 17.9. The summed E-state index contributed by atoms with van der Waals surface area (Å²) in [5, 5.41) is 7.69. The van der Waals surface area contributed by atoms with Crippen molar-refractivity contribution in [3.63, 3.8) is 0 Å². The van der Waals surface area contributed by atoms with E-state index in [0.29, 0.717) is 22.0 Å². The standard InChI is InChI=1S/C28H20ClF5N4OS/c29-19-14-16(35-28(40)36-27(39)18-7-3-5-15-4-1-2-6-17(15)18)8-9-20(19)37-10-12-38(13-11-37)26-24(33)22(31)21(30)23(32)25(26)34/h1-9,14H,10-13H2,(H2,35,36,39,40). The van der Waals surface area contributed by atoms with Crippen LogP contribution in [0.5, 0.6) is 0 Å². The lowest BCUT2D eigenvalue weighted by Crippen LogP contribution is -2.47. The zero-order valence-electron chi connectivity index (χ0n) is 20.6. The summed E-state index contributed by atoms with van der Waals surface area (Å²) in [4.78, 5) is 15.8. The highest BCUT2D eigenvalue weighted by atomic mass is 35.5. The first-order valence-corrected chi connectivity index (χ1v) is 12.8. The number of nitrogens with zero attached hydrogens (tertiary/aromatic N) is 2. The lowest BCUT2D eigenvalue weighted by molar-refractivity contribution is 0.0979. The number of fused-ring (bicyclic) bond motifs is 1. The Hall–Kier alpha value is -3.96. The van der Waals surface area contributed by atoms with Crippen LogP contribution in [-0.2, 0) is 0 Å². The summed E-state index contributed by atoms with van der Waals surface area (Å²) in [7, 11) is 0. The second-order valence-corrected chi connectivity index (χ2v) is 9.81. The Morgan fingerprint density at radius 2 is 1.38 bits per heavy atom. The van der Waals surface area contributed by atoms with Gasteiger partial charge < -0.3 is 15.1 Å². The molecule has 5 rings (SSSR count). The van der Waals surface area contributed by atoms with Crippen LogP contribution in [-0.4, -0.2) is 37.2 Å². The van der Waals surface area contributed by atoms with E-state index in [4.69, 9.17) is 23.8 Å². The number of benzene rings is 4. The number of halogens is 6. The number of hydrogen-bond donors (Lipinski definition) is 2. The molecular formula is C28H20ClF5N4OS. The van der Waals surface area contributed by atoms with E-state index in [-0.39, 0.29) is 37.2 Å². The number of piperazine rings is 1. The minimum Gasteiger partial charge on any atom is -0.367 e. The van der Waals surface area contributed by atoms with Crippen molar-refractivity contribution in [3.05, 3.63) is 100 Å². The molecule has 0 saturated carbocycles. The molecule has 4 aromatic carbocycles. The van der Waals surface area contributed by atoms with Crippen LogP contribution in [0.3, 0.4) is 0 Å². The molecular weight excluding hydrogens is 571 g/mol. The zero-order chi connectivity index (χ0) is 28.6. The summed E-state index contributed by atoms with van der Waals surface area (Å²) in [5.41, 5.74) is 0.647. The van der Waals surface area contributed by atoms with Gasteiger partial charge in [-0.05, 0) is 47.3 Å². The number of amides is 1. The molecule has 0 spiro atoms. The SMILES string of the molecule is O=C(NC(=S)Nc1ccc(N2CCN(c3c(F)c(F)c(F)c(F)c3F)CC2)c(Cl)c1)c1cccc2ccccc12. The van der Waals surface area contributed by atoms with E-state index >= 15 is 0 Å². The largest absolute Gasteiger partial charge is 0.367 e. The Morgan fingerprint density at radius 3 is 2.05 bits per heavy atom. The molecule has 1 saturated heterocycles. The monoisotopic (exact) mass is 590 g/mol. The van der Waals surface area contributed by atoms with Crippen molar-refractivity contribution in [2.75, 3.05) is 41.3 Å². The molecule has 1 heterocycles. The average Bonchev–Trinajstić information content (AvgIpc) is 2.95. The lowest BCUT2D eigenvalue weighted by atomic mass is 10.0. The molecule has 4 aromatic rings. The number of rotatable bonds is 4. The molecule has 0 aromatic heterocycles. The fourth-order valence-electron chi connectivity index (χ4n) is 4.64. The quantitative estimate of drug-likeness (QED) is 0.121. The Labute approximate surface area is 236 Å². The molecule has 0 bridgehead atoms. The Balaban J connectivity index is 1.23.